The van der Waals surface area contributed by atoms with Crippen molar-refractivity contribution in [2.24, 2.45) is 0 Å². The maximum Gasteiger partial charge on any atom is 0.238 e. The van der Waals surface area contributed by atoms with Gasteiger partial charge in [-0.3, -0.25) is 9.69 Å². The number of nitrogens with one attached hydrogen (secondary N) is 1. The molecule has 0 aliphatic heterocycles. The van der Waals surface area contributed by atoms with Gasteiger partial charge < -0.3 is 5.32 Å². The molecule has 1 aromatic heterocycles. The third-order valence-electron chi connectivity index (χ3n) is 2.92. The van der Waals surface area contributed by atoms with Gasteiger partial charge in [0, 0.05) is 11.4 Å². The summed E-state index contributed by atoms with van der Waals surface area (Å²) in [6, 6.07) is 10.2. The minimum absolute atomic E-state index is 0.200. The van der Waals surface area contributed by atoms with Crippen LogP contribution in [0.15, 0.2) is 41.8 Å². The van der Waals surface area contributed by atoms with Gasteiger partial charge in [-0.2, -0.15) is 0 Å². The van der Waals surface area contributed by atoms with E-state index in [-0.39, 0.29) is 18.1 Å². The predicted octanol–water partition coefficient (Wildman–Crippen LogP) is 3.35. The van der Waals surface area contributed by atoms with E-state index in [1.807, 2.05) is 29.3 Å². The van der Waals surface area contributed by atoms with Crippen LogP contribution < -0.4 is 5.32 Å². The van der Waals surface area contributed by atoms with Crippen LogP contribution in [0.1, 0.15) is 11.8 Å². The molecule has 3 nitrogen and oxygen atoms in total. The van der Waals surface area contributed by atoms with E-state index in [9.17, 15) is 9.18 Å². The highest BCUT2D eigenvalue weighted by Crippen LogP contribution is 2.14. The number of carbonyl (C=O) groups excluding carboxylic acids is 1. The lowest BCUT2D eigenvalue weighted by atomic mass is 10.3. The summed E-state index contributed by atoms with van der Waals surface area (Å²) in [6.45, 7) is 3.76. The fraction of sp³-hybridized carbons (Fsp3) is 0.267. The van der Waals surface area contributed by atoms with E-state index in [1.54, 1.807) is 29.5 Å². The van der Waals surface area contributed by atoms with Crippen LogP contribution in [0, 0.1) is 5.82 Å². The highest BCUT2D eigenvalue weighted by molar-refractivity contribution is 7.09. The fourth-order valence-electron chi connectivity index (χ4n) is 1.86. The van der Waals surface area contributed by atoms with Crippen LogP contribution in [-0.2, 0) is 11.3 Å². The third kappa shape index (κ3) is 4.15. The smallest absolute Gasteiger partial charge is 0.238 e. The van der Waals surface area contributed by atoms with Gasteiger partial charge in [-0.15, -0.1) is 11.3 Å². The molecule has 20 heavy (non-hydrogen) atoms. The lowest BCUT2D eigenvalue weighted by Crippen LogP contribution is -2.32. The van der Waals surface area contributed by atoms with Crippen molar-refractivity contribution >= 4 is 22.9 Å². The number of para-hydroxylation sites is 1. The van der Waals surface area contributed by atoms with Gasteiger partial charge in [0.05, 0.1) is 12.2 Å². The van der Waals surface area contributed by atoms with Gasteiger partial charge in [0.1, 0.15) is 5.82 Å². The SMILES string of the molecule is CCN(CC(=O)Nc1ccccc1F)Cc1cccs1. The molecule has 0 saturated heterocycles. The minimum Gasteiger partial charge on any atom is -0.322 e. The Morgan fingerprint density at radius 3 is 2.75 bits per heavy atom. The molecule has 1 N–H and O–H groups in total. The summed E-state index contributed by atoms with van der Waals surface area (Å²) >= 11 is 1.67. The first-order valence-electron chi connectivity index (χ1n) is 6.48. The number of rotatable bonds is 6. The molecule has 106 valence electrons. The summed E-state index contributed by atoms with van der Waals surface area (Å²) < 4.78 is 13.4. The number of nitrogens with zero attached hydrogens (tertiary/aromatic N) is 1. The number of amides is 1. The summed E-state index contributed by atoms with van der Waals surface area (Å²) in [6.07, 6.45) is 0. The number of hydrogen-bond donors (Lipinski definition) is 1. The molecule has 1 heterocycles. The molecular formula is C15H17FN2OS. The van der Waals surface area contributed by atoms with Crippen molar-refractivity contribution in [2.75, 3.05) is 18.4 Å². The van der Waals surface area contributed by atoms with E-state index in [0.29, 0.717) is 0 Å². The normalized spacial score (nSPS) is 10.8. The summed E-state index contributed by atoms with van der Waals surface area (Å²) in [5.74, 6) is -0.615. The summed E-state index contributed by atoms with van der Waals surface area (Å²) in [5, 5.41) is 4.62. The van der Waals surface area contributed by atoms with Crippen LogP contribution >= 0.6 is 11.3 Å². The number of hydrogen-bond acceptors (Lipinski definition) is 3. The van der Waals surface area contributed by atoms with Crippen molar-refractivity contribution < 1.29 is 9.18 Å². The Balaban J connectivity index is 1.91. The van der Waals surface area contributed by atoms with E-state index >= 15 is 0 Å². The Labute approximate surface area is 122 Å². The first-order chi connectivity index (χ1) is 9.69. The molecule has 1 amide bonds. The quantitative estimate of drug-likeness (QED) is 0.885. The highest BCUT2D eigenvalue weighted by Gasteiger charge is 2.11. The number of halogens is 1. The van der Waals surface area contributed by atoms with Crippen molar-refractivity contribution in [3.63, 3.8) is 0 Å². The maximum absolute atomic E-state index is 13.4. The topological polar surface area (TPSA) is 32.3 Å². The number of likely N-dealkylation sites (N-methyl/N-ethyl adjacent to an activating group) is 1. The Kier molecular flexibility index (Phi) is 5.26. The molecule has 0 fully saturated rings. The molecule has 0 aliphatic carbocycles. The second-order valence-electron chi connectivity index (χ2n) is 4.41. The van der Waals surface area contributed by atoms with E-state index in [4.69, 9.17) is 0 Å². The van der Waals surface area contributed by atoms with Crippen LogP contribution in [0.3, 0.4) is 0 Å². The number of anilines is 1. The molecule has 2 rings (SSSR count). The van der Waals surface area contributed by atoms with Crippen LogP contribution in [0.4, 0.5) is 10.1 Å². The third-order valence-corrected chi connectivity index (χ3v) is 3.78. The largest absolute Gasteiger partial charge is 0.322 e. The zero-order chi connectivity index (χ0) is 14.4. The molecule has 1 aromatic carbocycles. The second kappa shape index (κ2) is 7.17. The van der Waals surface area contributed by atoms with Gasteiger partial charge >= 0.3 is 0 Å². The molecule has 0 spiro atoms. The number of thiophene rings is 1. The average Bonchev–Trinajstić information content (AvgIpc) is 2.93. The molecule has 2 aromatic rings. The van der Waals surface area contributed by atoms with Crippen LogP contribution in [0.25, 0.3) is 0 Å². The Morgan fingerprint density at radius 2 is 2.10 bits per heavy atom. The first-order valence-corrected chi connectivity index (χ1v) is 7.36. The lowest BCUT2D eigenvalue weighted by molar-refractivity contribution is -0.117. The van der Waals surface area contributed by atoms with E-state index in [2.05, 4.69) is 5.32 Å². The van der Waals surface area contributed by atoms with E-state index in [1.165, 1.54) is 10.9 Å². The minimum atomic E-state index is -0.415. The van der Waals surface area contributed by atoms with E-state index in [0.717, 1.165) is 13.1 Å². The van der Waals surface area contributed by atoms with Gasteiger partial charge in [-0.25, -0.2) is 4.39 Å². The van der Waals surface area contributed by atoms with Crippen molar-refractivity contribution in [3.8, 4) is 0 Å². The zero-order valence-electron chi connectivity index (χ0n) is 11.3. The summed E-state index contributed by atoms with van der Waals surface area (Å²) in [7, 11) is 0. The summed E-state index contributed by atoms with van der Waals surface area (Å²) in [5.41, 5.74) is 0.227. The molecule has 0 atom stereocenters. The monoisotopic (exact) mass is 292 g/mol. The second-order valence-corrected chi connectivity index (χ2v) is 5.44. The van der Waals surface area contributed by atoms with Crippen molar-refractivity contribution in [2.45, 2.75) is 13.5 Å². The van der Waals surface area contributed by atoms with Gasteiger partial charge in [-0.05, 0) is 30.1 Å². The summed E-state index contributed by atoms with van der Waals surface area (Å²) in [4.78, 5) is 15.2. The zero-order valence-corrected chi connectivity index (χ0v) is 12.1. The van der Waals surface area contributed by atoms with Gasteiger partial charge in [-0.1, -0.05) is 25.1 Å². The maximum atomic E-state index is 13.4. The van der Waals surface area contributed by atoms with Crippen molar-refractivity contribution in [1.82, 2.24) is 4.90 Å². The lowest BCUT2D eigenvalue weighted by Gasteiger charge is -2.19. The molecule has 0 aliphatic rings. The van der Waals surface area contributed by atoms with Crippen molar-refractivity contribution in [3.05, 3.63) is 52.5 Å². The molecule has 0 saturated carbocycles. The van der Waals surface area contributed by atoms with Gasteiger partial charge in [0.15, 0.2) is 0 Å². The fourth-order valence-corrected chi connectivity index (χ4v) is 2.60. The average molecular weight is 292 g/mol. The van der Waals surface area contributed by atoms with Gasteiger partial charge in [0.25, 0.3) is 0 Å². The Bertz CT molecular complexity index is 557. The predicted molar refractivity (Wildman–Crippen MR) is 80.3 cm³/mol. The molecule has 5 heteroatoms. The Hall–Kier alpha value is -1.72. The van der Waals surface area contributed by atoms with Crippen molar-refractivity contribution in [1.29, 1.82) is 0 Å². The van der Waals surface area contributed by atoms with E-state index < -0.39 is 5.82 Å². The standard InChI is InChI=1S/C15H17FN2OS/c1-2-18(10-12-6-5-9-20-12)11-15(19)17-14-8-4-3-7-13(14)16/h3-9H,2,10-11H2,1H3,(H,17,19). The first kappa shape index (κ1) is 14.7. The van der Waals surface area contributed by atoms with Crippen LogP contribution in [0.2, 0.25) is 0 Å². The number of carbonyl (C=O) groups is 1. The molecule has 0 bridgehead atoms. The van der Waals surface area contributed by atoms with Gasteiger partial charge in [0.2, 0.25) is 5.91 Å². The number of benzene rings is 1. The molecule has 0 radical (unpaired) electrons. The molecule has 0 unspecified atom stereocenters. The van der Waals surface area contributed by atoms with Crippen LogP contribution in [-0.4, -0.2) is 23.9 Å². The molecular weight excluding hydrogens is 275 g/mol. The Morgan fingerprint density at radius 1 is 1.30 bits per heavy atom. The highest BCUT2D eigenvalue weighted by atomic mass is 32.1. The van der Waals surface area contributed by atoms with Crippen LogP contribution in [0.5, 0.6) is 0 Å².